The summed E-state index contributed by atoms with van der Waals surface area (Å²) in [6.07, 6.45) is 7.66. The zero-order chi connectivity index (χ0) is 31.6. The number of hydrogen-bond acceptors (Lipinski definition) is 8. The molecule has 12 heteroatoms. The average molecular weight is 672 g/mol. The highest BCUT2D eigenvalue weighted by Crippen LogP contribution is 2.33. The summed E-state index contributed by atoms with van der Waals surface area (Å²) >= 11 is 25.2. The quantitative estimate of drug-likeness (QED) is 0.107. The van der Waals surface area contributed by atoms with Gasteiger partial charge < -0.3 is 9.47 Å². The summed E-state index contributed by atoms with van der Waals surface area (Å²) < 4.78 is 10.9. The lowest BCUT2D eigenvalue weighted by atomic mass is 9.98. The first-order chi connectivity index (χ1) is 21.2. The molecule has 2 aromatic carbocycles. The lowest BCUT2D eigenvalue weighted by Crippen LogP contribution is -2.37. The van der Waals surface area contributed by atoms with Gasteiger partial charge in [-0.1, -0.05) is 70.7 Å². The van der Waals surface area contributed by atoms with E-state index in [0.29, 0.717) is 53.5 Å². The molecule has 4 aromatic rings. The van der Waals surface area contributed by atoms with Crippen LogP contribution in [-0.2, 0) is 19.1 Å². The number of esters is 2. The van der Waals surface area contributed by atoms with Gasteiger partial charge in [-0.25, -0.2) is 9.59 Å². The molecule has 0 aliphatic heterocycles. The molecule has 0 aliphatic rings. The number of carbonyl (C=O) groups excluding carboxylic acids is 2. The first-order valence-electron chi connectivity index (χ1n) is 13.1. The Morgan fingerprint density at radius 1 is 0.682 bits per heavy atom. The van der Waals surface area contributed by atoms with Crippen LogP contribution in [0.2, 0.25) is 20.1 Å². The Kier molecular flexibility index (Phi) is 11.9. The highest BCUT2D eigenvalue weighted by atomic mass is 35.5. The van der Waals surface area contributed by atoms with Crippen molar-refractivity contribution in [2.24, 2.45) is 0 Å². The van der Waals surface area contributed by atoms with E-state index in [9.17, 15) is 9.59 Å². The van der Waals surface area contributed by atoms with Gasteiger partial charge in [0.1, 0.15) is 0 Å². The molecule has 226 valence electrons. The maximum absolute atomic E-state index is 12.9. The number of hydrogen-bond donors (Lipinski definition) is 2. The Labute approximate surface area is 274 Å². The molecule has 2 atom stereocenters. The second-order valence-electron chi connectivity index (χ2n) is 9.12. The molecule has 0 saturated heterocycles. The van der Waals surface area contributed by atoms with E-state index in [1.807, 2.05) is 12.1 Å². The predicted octanol–water partition coefficient (Wildman–Crippen LogP) is 6.83. The zero-order valence-electron chi connectivity index (χ0n) is 23.4. The van der Waals surface area contributed by atoms with E-state index in [1.165, 1.54) is 0 Å². The monoisotopic (exact) mass is 670 g/mol. The third kappa shape index (κ3) is 8.66. The summed E-state index contributed by atoms with van der Waals surface area (Å²) in [4.78, 5) is 34.2. The van der Waals surface area contributed by atoms with Crippen LogP contribution < -0.4 is 10.6 Å². The van der Waals surface area contributed by atoms with Crippen LogP contribution in [0, 0.1) is 0 Å². The number of likely N-dealkylation sites (N-methyl/N-ethyl adjacent to an activating group) is 2. The molecule has 2 heterocycles. The van der Waals surface area contributed by atoms with E-state index in [2.05, 4.69) is 20.6 Å². The van der Waals surface area contributed by atoms with Gasteiger partial charge in [0.05, 0.1) is 0 Å². The van der Waals surface area contributed by atoms with Crippen LogP contribution in [-0.4, -0.2) is 48.5 Å². The number of nitrogens with one attached hydrogen (secondary N) is 2. The van der Waals surface area contributed by atoms with Crippen LogP contribution >= 0.6 is 46.4 Å². The zero-order valence-corrected chi connectivity index (χ0v) is 26.5. The SMILES string of the molecule is CNC(/C=C(/c1cccnc1)c1ccc(Cl)cc1Cl)OC(=O)C(=O)OC(/C=C(/c1cccnc1)c1ccc(Cl)cc1Cl)NC. The third-order valence-electron chi connectivity index (χ3n) is 6.23. The van der Waals surface area contributed by atoms with Crippen molar-refractivity contribution in [1.29, 1.82) is 0 Å². The van der Waals surface area contributed by atoms with Crippen molar-refractivity contribution in [2.45, 2.75) is 12.5 Å². The molecule has 0 fully saturated rings. The topological polar surface area (TPSA) is 102 Å². The average Bonchev–Trinajstić information content (AvgIpc) is 3.02. The number of nitrogens with zero attached hydrogens (tertiary/aromatic N) is 2. The highest BCUT2D eigenvalue weighted by Gasteiger charge is 2.25. The predicted molar refractivity (Wildman–Crippen MR) is 173 cm³/mol. The maximum atomic E-state index is 12.9. The fraction of sp³-hybridized carbons (Fsp3) is 0.125. The van der Waals surface area contributed by atoms with E-state index in [1.54, 1.807) is 99.6 Å². The molecule has 0 spiro atoms. The second kappa shape index (κ2) is 15.8. The van der Waals surface area contributed by atoms with Crippen LogP contribution in [0.3, 0.4) is 0 Å². The van der Waals surface area contributed by atoms with Crippen molar-refractivity contribution in [3.63, 3.8) is 0 Å². The first kappa shape index (κ1) is 33.1. The molecule has 0 bridgehead atoms. The van der Waals surface area contributed by atoms with E-state index < -0.39 is 24.4 Å². The number of benzene rings is 2. The fourth-order valence-corrected chi connectivity index (χ4v) is 5.15. The van der Waals surface area contributed by atoms with Crippen LogP contribution in [0.5, 0.6) is 0 Å². The van der Waals surface area contributed by atoms with Crippen molar-refractivity contribution in [2.75, 3.05) is 14.1 Å². The van der Waals surface area contributed by atoms with Crippen LogP contribution in [0.15, 0.2) is 97.6 Å². The molecule has 4 rings (SSSR count). The molecule has 44 heavy (non-hydrogen) atoms. The smallest absolute Gasteiger partial charge is 0.419 e. The molecule has 0 amide bonds. The Hall–Kier alpha value is -3.76. The van der Waals surface area contributed by atoms with Crippen LogP contribution in [0.4, 0.5) is 0 Å². The Bertz CT molecular complexity index is 1560. The molecule has 2 N–H and O–H groups in total. The van der Waals surface area contributed by atoms with Crippen LogP contribution in [0.1, 0.15) is 22.3 Å². The maximum Gasteiger partial charge on any atom is 0.419 e. The van der Waals surface area contributed by atoms with Crippen molar-refractivity contribution in [3.05, 3.63) is 140 Å². The summed E-state index contributed by atoms with van der Waals surface area (Å²) in [6.45, 7) is 0. The Morgan fingerprint density at radius 3 is 1.41 bits per heavy atom. The highest BCUT2D eigenvalue weighted by molar-refractivity contribution is 6.36. The van der Waals surface area contributed by atoms with Gasteiger partial charge >= 0.3 is 11.9 Å². The largest absolute Gasteiger partial charge is 0.434 e. The van der Waals surface area contributed by atoms with Gasteiger partial charge in [0.2, 0.25) is 0 Å². The summed E-state index contributed by atoms with van der Waals surface area (Å²) in [7, 11) is 3.14. The van der Waals surface area contributed by atoms with Gasteiger partial charge in [0, 0.05) is 67.1 Å². The number of halogens is 4. The van der Waals surface area contributed by atoms with Gasteiger partial charge in [-0.05, 0) is 73.8 Å². The lowest BCUT2D eigenvalue weighted by molar-refractivity contribution is -0.172. The minimum atomic E-state index is -1.23. The molecular formula is C32H26Cl4N4O4. The first-order valence-corrected chi connectivity index (χ1v) is 14.6. The normalized spacial score (nSPS) is 13.2. The van der Waals surface area contributed by atoms with E-state index in [-0.39, 0.29) is 0 Å². The van der Waals surface area contributed by atoms with Crippen molar-refractivity contribution < 1.29 is 19.1 Å². The molecule has 2 unspecified atom stereocenters. The summed E-state index contributed by atoms with van der Waals surface area (Å²) in [6, 6.07) is 17.2. The summed E-state index contributed by atoms with van der Waals surface area (Å²) in [5.74, 6) is -2.45. The molecule has 0 saturated carbocycles. The lowest BCUT2D eigenvalue weighted by Gasteiger charge is -2.19. The summed E-state index contributed by atoms with van der Waals surface area (Å²) in [5.41, 5.74) is 3.81. The van der Waals surface area contributed by atoms with Crippen LogP contribution in [0.25, 0.3) is 11.1 Å². The minimum absolute atomic E-state index is 0.377. The van der Waals surface area contributed by atoms with E-state index in [0.717, 1.165) is 0 Å². The molecule has 0 aliphatic carbocycles. The van der Waals surface area contributed by atoms with Gasteiger partial charge in [-0.3, -0.25) is 20.6 Å². The van der Waals surface area contributed by atoms with Gasteiger partial charge in [-0.15, -0.1) is 0 Å². The number of aromatic nitrogens is 2. The van der Waals surface area contributed by atoms with Crippen molar-refractivity contribution in [1.82, 2.24) is 20.6 Å². The fourth-order valence-electron chi connectivity index (χ4n) is 4.13. The van der Waals surface area contributed by atoms with Gasteiger partial charge in [0.25, 0.3) is 0 Å². The molecule has 2 aromatic heterocycles. The van der Waals surface area contributed by atoms with E-state index >= 15 is 0 Å². The molecule has 8 nitrogen and oxygen atoms in total. The Balaban J connectivity index is 1.59. The van der Waals surface area contributed by atoms with Gasteiger partial charge in [0.15, 0.2) is 12.5 Å². The van der Waals surface area contributed by atoms with Gasteiger partial charge in [-0.2, -0.15) is 0 Å². The van der Waals surface area contributed by atoms with Crippen molar-refractivity contribution in [3.8, 4) is 0 Å². The summed E-state index contributed by atoms with van der Waals surface area (Å²) in [5, 5.41) is 7.40. The number of pyridine rings is 2. The van der Waals surface area contributed by atoms with E-state index in [4.69, 9.17) is 55.9 Å². The molecule has 0 radical (unpaired) electrons. The minimum Gasteiger partial charge on any atom is -0.434 e. The Morgan fingerprint density at radius 2 is 1.09 bits per heavy atom. The third-order valence-corrected chi connectivity index (χ3v) is 7.32. The number of carbonyl (C=O) groups is 2. The van der Waals surface area contributed by atoms with Crippen molar-refractivity contribution >= 4 is 69.5 Å². The second-order valence-corrected chi connectivity index (χ2v) is 10.8. The standard InChI is InChI=1S/C32H26Cl4N4O4/c1-37-29(15-25(19-5-3-11-39-17-19)23-9-7-21(33)13-27(23)35)43-31(41)32(42)44-30(38-2)16-26(20-6-4-12-40-18-20)24-10-8-22(34)14-28(24)36/h3-18,29-30,37-38H,1-2H3/b25-15-,26-16-. The number of ether oxygens (including phenoxy) is 2. The number of rotatable bonds is 10. The molecular weight excluding hydrogens is 646 g/mol.